The molecule has 0 bridgehead atoms. The van der Waals surface area contributed by atoms with Crippen molar-refractivity contribution in [2.24, 2.45) is 0 Å². The molecule has 11 heteroatoms. The Labute approximate surface area is 249 Å². The summed E-state index contributed by atoms with van der Waals surface area (Å²) >= 11 is 1.87. The van der Waals surface area contributed by atoms with E-state index in [9.17, 15) is 24.3 Å². The molecule has 5 rings (SSSR count). The van der Waals surface area contributed by atoms with E-state index < -0.39 is 18.1 Å². The van der Waals surface area contributed by atoms with Crippen LogP contribution < -0.4 is 21.3 Å². The minimum absolute atomic E-state index is 0.0191. The zero-order valence-electron chi connectivity index (χ0n) is 23.5. The van der Waals surface area contributed by atoms with Gasteiger partial charge in [-0.1, -0.05) is 55.0 Å². The number of carboxylic acid groups (broad SMARTS) is 1. The summed E-state index contributed by atoms with van der Waals surface area (Å²) in [5.41, 5.74) is 4.42. The van der Waals surface area contributed by atoms with Crippen LogP contribution in [0.4, 0.5) is 9.59 Å². The van der Waals surface area contributed by atoms with E-state index in [2.05, 4.69) is 33.4 Å². The van der Waals surface area contributed by atoms with Crippen molar-refractivity contribution in [2.45, 2.75) is 74.2 Å². The lowest BCUT2D eigenvalue weighted by Crippen LogP contribution is -2.41. The number of hydrogen-bond donors (Lipinski definition) is 5. The highest BCUT2D eigenvalue weighted by atomic mass is 32.2. The zero-order chi connectivity index (χ0) is 29.5. The second-order valence-electron chi connectivity index (χ2n) is 11.1. The molecule has 4 amide bonds. The molecule has 0 aromatic heterocycles. The van der Waals surface area contributed by atoms with Gasteiger partial charge in [-0.15, -0.1) is 0 Å². The third-order valence-corrected chi connectivity index (χ3v) is 9.76. The predicted molar refractivity (Wildman–Crippen MR) is 160 cm³/mol. The predicted octanol–water partition coefficient (Wildman–Crippen LogP) is 3.99. The molecule has 224 valence electrons. The Kier molecular flexibility index (Phi) is 9.89. The highest BCUT2D eigenvalue weighted by molar-refractivity contribution is 8.00. The number of rotatable bonds is 14. The molecule has 10 nitrogen and oxygen atoms in total. The molecule has 42 heavy (non-hydrogen) atoms. The number of aliphatic carboxylic acids is 1. The fourth-order valence-corrected chi connectivity index (χ4v) is 7.65. The lowest BCUT2D eigenvalue weighted by atomic mass is 9.98. The maximum atomic E-state index is 12.5. The number of fused-ring (bicyclic) bond motifs is 4. The van der Waals surface area contributed by atoms with Gasteiger partial charge in [0.05, 0.1) is 12.1 Å². The summed E-state index contributed by atoms with van der Waals surface area (Å²) in [5.74, 6) is -0.309. The van der Waals surface area contributed by atoms with Gasteiger partial charge >= 0.3 is 18.1 Å². The van der Waals surface area contributed by atoms with Crippen molar-refractivity contribution in [1.29, 1.82) is 0 Å². The number of unbranched alkanes of at least 4 members (excludes halogenated alkanes) is 2. The first-order valence-electron chi connectivity index (χ1n) is 14.7. The van der Waals surface area contributed by atoms with Crippen molar-refractivity contribution in [2.75, 3.05) is 18.9 Å². The lowest BCUT2D eigenvalue weighted by molar-refractivity contribution is -0.139. The molecule has 0 unspecified atom stereocenters. The monoisotopic (exact) mass is 594 g/mol. The second kappa shape index (κ2) is 14.0. The van der Waals surface area contributed by atoms with Gasteiger partial charge in [-0.2, -0.15) is 11.8 Å². The van der Waals surface area contributed by atoms with Crippen LogP contribution in [0.5, 0.6) is 0 Å². The molecular weight excluding hydrogens is 556 g/mol. The van der Waals surface area contributed by atoms with Crippen molar-refractivity contribution in [3.05, 3.63) is 59.7 Å². The van der Waals surface area contributed by atoms with Gasteiger partial charge in [-0.25, -0.2) is 14.4 Å². The van der Waals surface area contributed by atoms with E-state index in [-0.39, 0.29) is 43.0 Å². The van der Waals surface area contributed by atoms with Crippen molar-refractivity contribution < 1.29 is 29.0 Å². The Morgan fingerprint density at radius 2 is 1.69 bits per heavy atom. The molecular formula is C31H38N4O6S. The highest BCUT2D eigenvalue weighted by Gasteiger charge is 2.42. The third kappa shape index (κ3) is 7.18. The summed E-state index contributed by atoms with van der Waals surface area (Å²) in [6.07, 6.45) is 3.74. The number of carboxylic acids is 1. The summed E-state index contributed by atoms with van der Waals surface area (Å²) in [7, 11) is 0. The number of urea groups is 1. The van der Waals surface area contributed by atoms with Crippen molar-refractivity contribution in [3.63, 3.8) is 0 Å². The smallest absolute Gasteiger partial charge is 0.407 e. The van der Waals surface area contributed by atoms with Crippen molar-refractivity contribution in [1.82, 2.24) is 21.3 Å². The van der Waals surface area contributed by atoms with Crippen LogP contribution in [0.1, 0.15) is 62.0 Å². The fraction of sp³-hybridized carbons (Fsp3) is 0.484. The Morgan fingerprint density at radius 3 is 2.40 bits per heavy atom. The minimum Gasteiger partial charge on any atom is -0.480 e. The summed E-state index contributed by atoms with van der Waals surface area (Å²) in [4.78, 5) is 48.0. The summed E-state index contributed by atoms with van der Waals surface area (Å²) in [6.45, 7) is 0.572. The molecule has 0 saturated carbocycles. The van der Waals surface area contributed by atoms with E-state index in [0.29, 0.717) is 31.1 Å². The van der Waals surface area contributed by atoms with Gasteiger partial charge in [0.2, 0.25) is 5.91 Å². The van der Waals surface area contributed by atoms with Gasteiger partial charge in [0.25, 0.3) is 0 Å². The van der Waals surface area contributed by atoms with E-state index in [4.69, 9.17) is 4.74 Å². The molecule has 2 aliphatic heterocycles. The van der Waals surface area contributed by atoms with Crippen LogP contribution in [0, 0.1) is 0 Å². The van der Waals surface area contributed by atoms with Crippen LogP contribution in [0.15, 0.2) is 48.5 Å². The van der Waals surface area contributed by atoms with Gasteiger partial charge in [0, 0.05) is 29.9 Å². The third-order valence-electron chi connectivity index (χ3n) is 8.26. The quantitative estimate of drug-likeness (QED) is 0.164. The lowest BCUT2D eigenvalue weighted by Gasteiger charge is -2.17. The molecule has 2 saturated heterocycles. The first-order valence-corrected chi connectivity index (χ1v) is 15.7. The van der Waals surface area contributed by atoms with Gasteiger partial charge in [0.15, 0.2) is 0 Å². The van der Waals surface area contributed by atoms with Crippen LogP contribution in [-0.2, 0) is 14.3 Å². The number of amides is 4. The number of benzene rings is 2. The summed E-state index contributed by atoms with van der Waals surface area (Å²) in [6, 6.07) is 15.3. The number of ether oxygens (including phenoxy) is 1. The SMILES string of the molecule is O=C(CCCC[C@H]1SC[C@@H]2NC(=O)N[C@@H]21)NCCCC[C@H](NC(=O)OCC1c2ccccc2-c2ccccc21)C(=O)O. The number of hydrogen-bond acceptors (Lipinski definition) is 6. The Morgan fingerprint density at radius 1 is 0.976 bits per heavy atom. The average molecular weight is 595 g/mol. The molecule has 2 aromatic carbocycles. The van der Waals surface area contributed by atoms with E-state index in [1.807, 2.05) is 48.2 Å². The molecule has 4 atom stereocenters. The number of alkyl carbamates (subject to hydrolysis) is 1. The standard InChI is InChI=1S/C31H38N4O6S/c36-27(15-6-5-14-26-28-25(18-42-26)33-30(39)35-28)32-16-8-7-13-24(29(37)38)34-31(40)41-17-23-21-11-3-1-9-19(21)20-10-2-4-12-22(20)23/h1-4,9-12,23-26,28H,5-8,13-18H2,(H,32,36)(H,34,40)(H,37,38)(H2,33,35,39)/t24-,25-,26+,28-/m0/s1. The summed E-state index contributed by atoms with van der Waals surface area (Å²) < 4.78 is 5.49. The normalized spacial score (nSPS) is 21.0. The maximum Gasteiger partial charge on any atom is 0.407 e. The van der Waals surface area contributed by atoms with E-state index >= 15 is 0 Å². The van der Waals surface area contributed by atoms with E-state index in [1.54, 1.807) is 0 Å². The van der Waals surface area contributed by atoms with Crippen LogP contribution in [0.25, 0.3) is 11.1 Å². The summed E-state index contributed by atoms with van der Waals surface area (Å²) in [5, 5.41) is 21.3. The average Bonchev–Trinajstić information content (AvgIpc) is 3.64. The number of thioether (sulfide) groups is 1. The van der Waals surface area contributed by atoms with Crippen molar-refractivity contribution >= 4 is 35.8 Å². The number of carbonyl (C=O) groups excluding carboxylic acids is 3. The Balaban J connectivity index is 0.954. The Bertz CT molecular complexity index is 1260. The second-order valence-corrected chi connectivity index (χ2v) is 12.3. The molecule has 0 spiro atoms. The molecule has 2 fully saturated rings. The minimum atomic E-state index is -1.12. The molecule has 0 radical (unpaired) electrons. The maximum absolute atomic E-state index is 12.5. The van der Waals surface area contributed by atoms with Crippen LogP contribution in [-0.4, -0.2) is 71.4 Å². The van der Waals surface area contributed by atoms with Crippen LogP contribution >= 0.6 is 11.8 Å². The first-order chi connectivity index (χ1) is 20.4. The topological polar surface area (TPSA) is 146 Å². The number of nitrogens with one attached hydrogen (secondary N) is 4. The molecule has 2 heterocycles. The van der Waals surface area contributed by atoms with Gasteiger partial charge < -0.3 is 31.1 Å². The molecule has 5 N–H and O–H groups in total. The van der Waals surface area contributed by atoms with Gasteiger partial charge in [-0.3, -0.25) is 4.79 Å². The fourth-order valence-electron chi connectivity index (χ4n) is 6.10. The molecule has 1 aliphatic carbocycles. The van der Waals surface area contributed by atoms with Crippen LogP contribution in [0.3, 0.4) is 0 Å². The Hall–Kier alpha value is -3.73. The molecule has 2 aromatic rings. The van der Waals surface area contributed by atoms with E-state index in [1.165, 1.54) is 0 Å². The van der Waals surface area contributed by atoms with Gasteiger partial charge in [-0.05, 0) is 54.4 Å². The number of carbonyl (C=O) groups is 4. The van der Waals surface area contributed by atoms with Gasteiger partial charge in [0.1, 0.15) is 12.6 Å². The molecule has 3 aliphatic rings. The highest BCUT2D eigenvalue weighted by Crippen LogP contribution is 2.44. The van der Waals surface area contributed by atoms with E-state index in [0.717, 1.165) is 47.3 Å². The zero-order valence-corrected chi connectivity index (χ0v) is 24.3. The van der Waals surface area contributed by atoms with Crippen LogP contribution in [0.2, 0.25) is 0 Å². The van der Waals surface area contributed by atoms with Crippen molar-refractivity contribution in [3.8, 4) is 11.1 Å². The largest absolute Gasteiger partial charge is 0.480 e. The first kappa shape index (κ1) is 29.8.